The van der Waals surface area contributed by atoms with Crippen LogP contribution in [-0.2, 0) is 4.79 Å². The predicted molar refractivity (Wildman–Crippen MR) is 45.7 cm³/mol. The third-order valence-corrected chi connectivity index (χ3v) is 1.13. The van der Waals surface area contributed by atoms with E-state index in [9.17, 15) is 4.79 Å². The summed E-state index contributed by atoms with van der Waals surface area (Å²) >= 11 is 0. The summed E-state index contributed by atoms with van der Waals surface area (Å²) in [6.45, 7) is 0.972. The normalized spacial score (nSPS) is 7.80. The summed E-state index contributed by atoms with van der Waals surface area (Å²) in [4.78, 5) is 19.2. The van der Waals surface area contributed by atoms with Gasteiger partial charge in [-0.3, -0.25) is 0 Å². The number of carbonyl (C=O) groups is 2. The Labute approximate surface area is 109 Å². The molecule has 0 heterocycles. The number of hydrogen-bond acceptors (Lipinski definition) is 4. The third-order valence-electron chi connectivity index (χ3n) is 1.13. The van der Waals surface area contributed by atoms with Gasteiger partial charge in [-0.1, -0.05) is 12.1 Å². The smallest absolute Gasteiger partial charge is 0.550 e. The number of carboxylic acid groups (broad SMARTS) is 2. The van der Waals surface area contributed by atoms with Crippen molar-refractivity contribution in [3.8, 4) is 5.75 Å². The monoisotopic (exact) mass is 220 g/mol. The second kappa shape index (κ2) is 8.28. The van der Waals surface area contributed by atoms with Crippen molar-refractivity contribution in [1.29, 1.82) is 0 Å². The fourth-order valence-corrected chi connectivity index (χ4v) is 0.654. The van der Waals surface area contributed by atoms with E-state index in [2.05, 4.69) is 0 Å². The summed E-state index contributed by atoms with van der Waals surface area (Å²) in [7, 11) is 0. The summed E-state index contributed by atoms with van der Waals surface area (Å²) in [5, 5.41) is 26.2. The van der Waals surface area contributed by atoms with Crippen molar-refractivity contribution in [2.45, 2.75) is 6.92 Å². The van der Waals surface area contributed by atoms with Crippen molar-refractivity contribution >= 4 is 11.9 Å². The number of aromatic carboxylic acids is 1. The predicted octanol–water partition coefficient (Wildman–Crippen LogP) is -3.15. The Morgan fingerprint density at radius 1 is 1.27 bits per heavy atom. The molecule has 0 aliphatic heterocycles. The molecule has 1 rings (SSSR count). The summed E-state index contributed by atoms with van der Waals surface area (Å²) in [6.07, 6.45) is 0. The third kappa shape index (κ3) is 7.99. The van der Waals surface area contributed by atoms with Crippen LogP contribution >= 0.6 is 0 Å². The summed E-state index contributed by atoms with van der Waals surface area (Å²) in [5.74, 6) is -2.40. The molecule has 6 heteroatoms. The van der Waals surface area contributed by atoms with Crippen LogP contribution in [0.4, 0.5) is 0 Å². The molecule has 5 nitrogen and oxygen atoms in total. The van der Waals surface area contributed by atoms with Gasteiger partial charge in [-0.15, -0.1) is 0 Å². The Balaban J connectivity index is 0. The van der Waals surface area contributed by atoms with Crippen LogP contribution in [0, 0.1) is 0 Å². The first-order valence-corrected chi connectivity index (χ1v) is 3.64. The second-order valence-corrected chi connectivity index (χ2v) is 2.31. The van der Waals surface area contributed by atoms with Crippen molar-refractivity contribution in [2.75, 3.05) is 0 Å². The van der Waals surface area contributed by atoms with Gasteiger partial charge in [0.1, 0.15) is 11.3 Å². The molecule has 1 aromatic carbocycles. The van der Waals surface area contributed by atoms with E-state index in [4.69, 9.17) is 20.1 Å². The van der Waals surface area contributed by atoms with Gasteiger partial charge in [-0.2, -0.15) is 0 Å². The maximum atomic E-state index is 10.3. The molecule has 0 saturated carbocycles. The van der Waals surface area contributed by atoms with E-state index in [1.54, 1.807) is 12.1 Å². The van der Waals surface area contributed by atoms with Crippen LogP contribution in [0.3, 0.4) is 0 Å². The molecule has 2 N–H and O–H groups in total. The summed E-state index contributed by atoms with van der Waals surface area (Å²) in [6, 6.07) is 5.81. The molecule has 0 aliphatic rings. The number of carbonyl (C=O) groups excluding carboxylic acids is 1. The van der Waals surface area contributed by atoms with Gasteiger partial charge >= 0.3 is 35.5 Å². The van der Waals surface area contributed by atoms with Crippen LogP contribution in [0.5, 0.6) is 5.75 Å². The fourth-order valence-electron chi connectivity index (χ4n) is 0.654. The van der Waals surface area contributed by atoms with Gasteiger partial charge in [-0.25, -0.2) is 4.79 Å². The van der Waals surface area contributed by atoms with E-state index in [1.165, 1.54) is 12.1 Å². The van der Waals surface area contributed by atoms with Crippen molar-refractivity contribution in [3.05, 3.63) is 29.8 Å². The first-order valence-electron chi connectivity index (χ1n) is 3.64. The average molecular weight is 220 g/mol. The number of rotatable bonds is 1. The topological polar surface area (TPSA) is 97.7 Å². The number of para-hydroxylation sites is 1. The molecule has 0 spiro atoms. The van der Waals surface area contributed by atoms with E-state index < -0.39 is 11.9 Å². The molecule has 0 aromatic heterocycles. The van der Waals surface area contributed by atoms with Crippen molar-refractivity contribution in [3.63, 3.8) is 0 Å². The summed E-state index contributed by atoms with van der Waals surface area (Å²) < 4.78 is 0. The largest absolute Gasteiger partial charge is 1.00 e. The molecule has 0 fully saturated rings. The van der Waals surface area contributed by atoms with E-state index >= 15 is 0 Å². The van der Waals surface area contributed by atoms with Crippen LogP contribution in [0.2, 0.25) is 0 Å². The van der Waals surface area contributed by atoms with Gasteiger partial charge < -0.3 is 20.1 Å². The molecule has 15 heavy (non-hydrogen) atoms. The number of aromatic hydroxyl groups is 1. The van der Waals surface area contributed by atoms with Crippen LogP contribution in [0.15, 0.2) is 24.3 Å². The van der Waals surface area contributed by atoms with Crippen molar-refractivity contribution < 1.29 is 54.5 Å². The van der Waals surface area contributed by atoms with Crippen LogP contribution in [-0.4, -0.2) is 22.2 Å². The molecule has 0 atom stereocenters. The Morgan fingerprint density at radius 3 is 1.93 bits per heavy atom. The first kappa shape index (κ1) is 16.4. The second-order valence-electron chi connectivity index (χ2n) is 2.31. The molecule has 0 radical (unpaired) electrons. The molecule has 76 valence electrons. The SMILES string of the molecule is CC(=O)[O-].O=C(O)c1ccccc1O.[Na+]. The zero-order chi connectivity index (χ0) is 11.1. The van der Waals surface area contributed by atoms with Crippen molar-refractivity contribution in [2.24, 2.45) is 0 Å². The van der Waals surface area contributed by atoms with Gasteiger partial charge in [0, 0.05) is 5.97 Å². The Kier molecular flexibility index (Phi) is 9.05. The van der Waals surface area contributed by atoms with Gasteiger partial charge in [0.25, 0.3) is 0 Å². The average Bonchev–Trinajstić information content (AvgIpc) is 2.03. The Bertz CT molecular complexity index is 333. The molecular formula is C9H9NaO5. The van der Waals surface area contributed by atoms with Crippen LogP contribution in [0.1, 0.15) is 17.3 Å². The number of phenols is 1. The molecule has 0 aliphatic carbocycles. The number of aliphatic carboxylic acids is 1. The minimum absolute atomic E-state index is 0. The van der Waals surface area contributed by atoms with E-state index in [0.29, 0.717) is 0 Å². The number of carboxylic acids is 2. The maximum absolute atomic E-state index is 10.3. The van der Waals surface area contributed by atoms with Gasteiger partial charge in [0.2, 0.25) is 0 Å². The molecule has 0 amide bonds. The van der Waals surface area contributed by atoms with Gasteiger partial charge in [0.15, 0.2) is 0 Å². The Morgan fingerprint density at radius 2 is 1.67 bits per heavy atom. The van der Waals surface area contributed by atoms with E-state index in [1.807, 2.05) is 0 Å². The quantitative estimate of drug-likeness (QED) is 0.487. The van der Waals surface area contributed by atoms with Crippen LogP contribution < -0.4 is 34.7 Å². The minimum atomic E-state index is -1.11. The van der Waals surface area contributed by atoms with Gasteiger partial charge in [0.05, 0.1) is 0 Å². The van der Waals surface area contributed by atoms with Crippen LogP contribution in [0.25, 0.3) is 0 Å². The fraction of sp³-hybridized carbons (Fsp3) is 0.111. The van der Waals surface area contributed by atoms with Crippen molar-refractivity contribution in [1.82, 2.24) is 0 Å². The zero-order valence-corrected chi connectivity index (χ0v) is 10.4. The number of hydrogen-bond donors (Lipinski definition) is 2. The maximum Gasteiger partial charge on any atom is 1.00 e. The summed E-state index contributed by atoms with van der Waals surface area (Å²) in [5.41, 5.74) is -0.0671. The van der Waals surface area contributed by atoms with Gasteiger partial charge in [-0.05, 0) is 19.1 Å². The van der Waals surface area contributed by atoms with E-state index in [-0.39, 0.29) is 40.9 Å². The van der Waals surface area contributed by atoms with E-state index in [0.717, 1.165) is 6.92 Å². The Hall–Kier alpha value is -1.04. The molecular weight excluding hydrogens is 211 g/mol. The minimum Gasteiger partial charge on any atom is -0.550 e. The molecule has 0 unspecified atom stereocenters. The standard InChI is InChI=1S/C7H6O3.C2H4O2.Na/c8-6-4-2-1-3-5(6)7(9)10;1-2(3)4;/h1-4,8H,(H,9,10);1H3,(H,3,4);/q;;+1/p-1. The molecule has 1 aromatic rings. The number of benzene rings is 1. The first-order chi connectivity index (χ1) is 6.45. The molecule has 0 bridgehead atoms. The zero-order valence-electron chi connectivity index (χ0n) is 8.43. The molecule has 0 saturated heterocycles.